The number of carbonyl (C=O) groups excluding carboxylic acids is 1. The SMILES string of the molecule is COc1ccc(C(C#N)C(=O)c2ccccc2)cc1. The molecular formula is C16H13NO2. The Morgan fingerprint density at radius 1 is 1.11 bits per heavy atom. The van der Waals surface area contributed by atoms with Crippen LogP contribution in [0.1, 0.15) is 21.8 Å². The predicted molar refractivity (Wildman–Crippen MR) is 72.1 cm³/mol. The van der Waals surface area contributed by atoms with Crippen molar-refractivity contribution in [2.45, 2.75) is 5.92 Å². The van der Waals surface area contributed by atoms with E-state index in [0.29, 0.717) is 16.9 Å². The number of Topliss-reactive ketones (excluding diaryl/α,β-unsaturated/α-hetero) is 1. The zero-order valence-corrected chi connectivity index (χ0v) is 10.5. The fraction of sp³-hybridized carbons (Fsp3) is 0.125. The van der Waals surface area contributed by atoms with E-state index in [1.165, 1.54) is 0 Å². The minimum Gasteiger partial charge on any atom is -0.497 e. The van der Waals surface area contributed by atoms with Gasteiger partial charge < -0.3 is 4.74 Å². The maximum Gasteiger partial charge on any atom is 0.184 e. The molecule has 0 aromatic heterocycles. The maximum atomic E-state index is 12.3. The monoisotopic (exact) mass is 251 g/mol. The van der Waals surface area contributed by atoms with Gasteiger partial charge in [-0.15, -0.1) is 0 Å². The largest absolute Gasteiger partial charge is 0.497 e. The van der Waals surface area contributed by atoms with Crippen LogP contribution >= 0.6 is 0 Å². The Kier molecular flexibility index (Phi) is 3.94. The molecule has 3 heteroatoms. The number of ether oxygens (including phenoxy) is 1. The molecule has 0 aliphatic heterocycles. The second-order valence-corrected chi connectivity index (χ2v) is 4.07. The van der Waals surface area contributed by atoms with Gasteiger partial charge in [-0.25, -0.2) is 0 Å². The number of methoxy groups -OCH3 is 1. The molecule has 0 bridgehead atoms. The van der Waals surface area contributed by atoms with E-state index >= 15 is 0 Å². The topological polar surface area (TPSA) is 50.1 Å². The standard InChI is InChI=1S/C16H13NO2/c1-19-14-9-7-12(8-10-14)15(11-17)16(18)13-5-3-2-4-6-13/h2-10,15H,1H3. The van der Waals surface area contributed by atoms with Gasteiger partial charge in [0.2, 0.25) is 0 Å². The minimum absolute atomic E-state index is 0.187. The average molecular weight is 251 g/mol. The van der Waals surface area contributed by atoms with Crippen molar-refractivity contribution >= 4 is 5.78 Å². The molecular weight excluding hydrogens is 238 g/mol. The van der Waals surface area contributed by atoms with Gasteiger partial charge in [0.15, 0.2) is 5.78 Å². The first-order chi connectivity index (χ1) is 9.26. The maximum absolute atomic E-state index is 12.3. The Morgan fingerprint density at radius 2 is 1.74 bits per heavy atom. The summed E-state index contributed by atoms with van der Waals surface area (Å²) in [6.07, 6.45) is 0. The number of benzene rings is 2. The highest BCUT2D eigenvalue weighted by Crippen LogP contribution is 2.22. The molecule has 0 saturated carbocycles. The lowest BCUT2D eigenvalue weighted by Crippen LogP contribution is -2.11. The molecule has 19 heavy (non-hydrogen) atoms. The molecule has 2 aromatic rings. The van der Waals surface area contributed by atoms with Crippen LogP contribution < -0.4 is 4.74 Å². The normalized spacial score (nSPS) is 11.4. The van der Waals surface area contributed by atoms with Crippen LogP contribution in [0.15, 0.2) is 54.6 Å². The molecule has 94 valence electrons. The van der Waals surface area contributed by atoms with Crippen molar-refractivity contribution < 1.29 is 9.53 Å². The van der Waals surface area contributed by atoms with Crippen LogP contribution in [-0.2, 0) is 0 Å². The van der Waals surface area contributed by atoms with Crippen molar-refractivity contribution in [1.29, 1.82) is 5.26 Å². The third-order valence-corrected chi connectivity index (χ3v) is 2.90. The van der Waals surface area contributed by atoms with E-state index < -0.39 is 5.92 Å². The molecule has 0 heterocycles. The molecule has 0 amide bonds. The van der Waals surface area contributed by atoms with E-state index in [9.17, 15) is 10.1 Å². The average Bonchev–Trinajstić information content (AvgIpc) is 2.49. The predicted octanol–water partition coefficient (Wildman–Crippen LogP) is 3.19. The molecule has 0 spiro atoms. The lowest BCUT2D eigenvalue weighted by molar-refractivity contribution is 0.0979. The van der Waals surface area contributed by atoms with Crippen molar-refractivity contribution in [3.63, 3.8) is 0 Å². The zero-order chi connectivity index (χ0) is 13.7. The Bertz CT molecular complexity index is 597. The number of nitrogens with zero attached hydrogens (tertiary/aromatic N) is 1. The molecule has 0 radical (unpaired) electrons. The first-order valence-corrected chi connectivity index (χ1v) is 5.89. The molecule has 0 aliphatic rings. The van der Waals surface area contributed by atoms with Crippen LogP contribution in [0, 0.1) is 11.3 Å². The van der Waals surface area contributed by atoms with Gasteiger partial charge in [0.05, 0.1) is 13.2 Å². The van der Waals surface area contributed by atoms with E-state index in [1.54, 1.807) is 55.6 Å². The number of hydrogen-bond acceptors (Lipinski definition) is 3. The highest BCUT2D eigenvalue weighted by Gasteiger charge is 2.21. The third-order valence-electron chi connectivity index (χ3n) is 2.90. The smallest absolute Gasteiger partial charge is 0.184 e. The lowest BCUT2D eigenvalue weighted by atomic mass is 9.92. The van der Waals surface area contributed by atoms with Gasteiger partial charge in [-0.05, 0) is 17.7 Å². The summed E-state index contributed by atoms with van der Waals surface area (Å²) in [5.74, 6) is -0.269. The Hall–Kier alpha value is -2.60. The Morgan fingerprint density at radius 3 is 2.26 bits per heavy atom. The molecule has 0 aliphatic carbocycles. The van der Waals surface area contributed by atoms with E-state index in [1.807, 2.05) is 6.07 Å². The summed E-state index contributed by atoms with van der Waals surface area (Å²) in [5.41, 5.74) is 1.22. The highest BCUT2D eigenvalue weighted by atomic mass is 16.5. The quantitative estimate of drug-likeness (QED) is 0.784. The van der Waals surface area contributed by atoms with Gasteiger partial charge in [0, 0.05) is 5.56 Å². The summed E-state index contributed by atoms with van der Waals surface area (Å²) in [7, 11) is 1.58. The third kappa shape index (κ3) is 2.80. The fourth-order valence-corrected chi connectivity index (χ4v) is 1.85. The molecule has 3 nitrogen and oxygen atoms in total. The summed E-state index contributed by atoms with van der Waals surface area (Å²) in [6, 6.07) is 17.9. The van der Waals surface area contributed by atoms with E-state index in [0.717, 1.165) is 0 Å². The zero-order valence-electron chi connectivity index (χ0n) is 10.5. The van der Waals surface area contributed by atoms with E-state index in [4.69, 9.17) is 4.74 Å². The number of ketones is 1. The van der Waals surface area contributed by atoms with Crippen molar-refractivity contribution in [2.24, 2.45) is 0 Å². The van der Waals surface area contributed by atoms with Crippen LogP contribution in [0.25, 0.3) is 0 Å². The Labute approximate surface area is 112 Å². The van der Waals surface area contributed by atoms with Crippen LogP contribution in [0.5, 0.6) is 5.75 Å². The van der Waals surface area contributed by atoms with E-state index in [-0.39, 0.29) is 5.78 Å². The summed E-state index contributed by atoms with van der Waals surface area (Å²) in [5, 5.41) is 9.24. The molecule has 0 N–H and O–H groups in total. The van der Waals surface area contributed by atoms with Gasteiger partial charge >= 0.3 is 0 Å². The highest BCUT2D eigenvalue weighted by molar-refractivity contribution is 6.02. The van der Waals surface area contributed by atoms with Crippen molar-refractivity contribution in [3.8, 4) is 11.8 Å². The fourth-order valence-electron chi connectivity index (χ4n) is 1.85. The second kappa shape index (κ2) is 5.83. The second-order valence-electron chi connectivity index (χ2n) is 4.07. The van der Waals surface area contributed by atoms with Crippen LogP contribution in [-0.4, -0.2) is 12.9 Å². The number of rotatable bonds is 4. The molecule has 0 saturated heterocycles. The molecule has 2 rings (SSSR count). The summed E-state index contributed by atoms with van der Waals surface area (Å²) >= 11 is 0. The van der Waals surface area contributed by atoms with Crippen molar-refractivity contribution in [2.75, 3.05) is 7.11 Å². The molecule has 2 aromatic carbocycles. The van der Waals surface area contributed by atoms with Gasteiger partial charge in [0.25, 0.3) is 0 Å². The van der Waals surface area contributed by atoms with Gasteiger partial charge in [0.1, 0.15) is 11.7 Å². The van der Waals surface area contributed by atoms with Gasteiger partial charge in [-0.1, -0.05) is 42.5 Å². The van der Waals surface area contributed by atoms with Crippen LogP contribution in [0.4, 0.5) is 0 Å². The number of hydrogen-bond donors (Lipinski definition) is 0. The summed E-state index contributed by atoms with van der Waals surface area (Å²) in [6.45, 7) is 0. The van der Waals surface area contributed by atoms with Crippen molar-refractivity contribution in [1.82, 2.24) is 0 Å². The summed E-state index contributed by atoms with van der Waals surface area (Å²) in [4.78, 5) is 12.3. The Balaban J connectivity index is 2.30. The summed E-state index contributed by atoms with van der Waals surface area (Å²) < 4.78 is 5.06. The van der Waals surface area contributed by atoms with E-state index in [2.05, 4.69) is 6.07 Å². The molecule has 0 fully saturated rings. The number of carbonyl (C=O) groups is 1. The van der Waals surface area contributed by atoms with Crippen LogP contribution in [0.3, 0.4) is 0 Å². The van der Waals surface area contributed by atoms with Crippen LogP contribution in [0.2, 0.25) is 0 Å². The molecule has 1 unspecified atom stereocenters. The lowest BCUT2D eigenvalue weighted by Gasteiger charge is -2.09. The van der Waals surface area contributed by atoms with Gasteiger partial charge in [-0.2, -0.15) is 5.26 Å². The molecule has 1 atom stereocenters. The number of nitriles is 1. The van der Waals surface area contributed by atoms with Gasteiger partial charge in [-0.3, -0.25) is 4.79 Å². The minimum atomic E-state index is -0.784. The van der Waals surface area contributed by atoms with Crippen molar-refractivity contribution in [3.05, 3.63) is 65.7 Å². The first-order valence-electron chi connectivity index (χ1n) is 5.89. The first kappa shape index (κ1) is 12.8.